The van der Waals surface area contributed by atoms with Gasteiger partial charge in [-0.1, -0.05) is 0 Å². The van der Waals surface area contributed by atoms with Crippen LogP contribution in [0.3, 0.4) is 0 Å². The van der Waals surface area contributed by atoms with Crippen molar-refractivity contribution in [2.75, 3.05) is 0 Å². The first kappa shape index (κ1) is 7.66. The quantitative estimate of drug-likeness (QED) is 0.582. The molecule has 0 saturated carbocycles. The number of hydrogen-bond donors (Lipinski definition) is 0. The van der Waals surface area contributed by atoms with Crippen LogP contribution in [0, 0.1) is 0 Å². The van der Waals surface area contributed by atoms with Crippen molar-refractivity contribution < 1.29 is 14.2 Å². The molecule has 1 aromatic carbocycles. The Kier molecular flexibility index (Phi) is 2.55. The Hall–Kier alpha value is -1.45. The van der Waals surface area contributed by atoms with Crippen LogP contribution in [0.2, 0.25) is 0 Å². The predicted molar refractivity (Wildman–Crippen MR) is 38.3 cm³/mol. The van der Waals surface area contributed by atoms with Gasteiger partial charge in [0.15, 0.2) is 0 Å². The number of rotatable bonds is 2. The fourth-order valence-corrected chi connectivity index (χ4v) is 0.686. The molecule has 0 saturated heterocycles. The molecule has 0 amide bonds. The Labute approximate surface area is 64.3 Å². The molecular weight excluding hydrogens is 143 g/mol. The second-order valence-electron chi connectivity index (χ2n) is 1.87. The van der Waals surface area contributed by atoms with E-state index in [9.17, 15) is 9.50 Å². The molecule has 1 aromatic rings. The van der Waals surface area contributed by atoms with Crippen LogP contribution in [0.1, 0.15) is 10.4 Å². The SMILES string of the molecule is O=BOC(=O)c1ccccc1. The molecule has 0 bridgehead atoms. The Bertz CT molecular complexity index is 258. The summed E-state index contributed by atoms with van der Waals surface area (Å²) >= 11 is 0. The Morgan fingerprint density at radius 1 is 1.27 bits per heavy atom. The molecular formula is C7H5BO3. The van der Waals surface area contributed by atoms with Crippen LogP contribution in [-0.2, 0) is 9.36 Å². The van der Waals surface area contributed by atoms with Gasteiger partial charge in [-0.25, -0.2) is 0 Å². The third-order valence-electron chi connectivity index (χ3n) is 1.16. The zero-order valence-corrected chi connectivity index (χ0v) is 5.69. The number of hydrogen-bond acceptors (Lipinski definition) is 3. The van der Waals surface area contributed by atoms with E-state index in [0.717, 1.165) is 0 Å². The molecule has 54 valence electrons. The van der Waals surface area contributed by atoms with Gasteiger partial charge in [0.2, 0.25) is 0 Å². The molecule has 0 unspecified atom stereocenters. The molecule has 0 aromatic heterocycles. The van der Waals surface area contributed by atoms with Gasteiger partial charge in [-0.3, -0.25) is 0 Å². The summed E-state index contributed by atoms with van der Waals surface area (Å²) in [5, 5.41) is 0. The van der Waals surface area contributed by atoms with Crippen LogP contribution in [0.4, 0.5) is 0 Å². The van der Waals surface area contributed by atoms with Crippen LogP contribution in [-0.4, -0.2) is 13.3 Å². The van der Waals surface area contributed by atoms with Crippen molar-refractivity contribution in [1.82, 2.24) is 0 Å². The summed E-state index contributed by atoms with van der Waals surface area (Å²) in [5.41, 5.74) is 0.375. The zero-order chi connectivity index (χ0) is 8.10. The van der Waals surface area contributed by atoms with Gasteiger partial charge in [0.25, 0.3) is 0 Å². The first-order valence-corrected chi connectivity index (χ1v) is 3.04. The van der Waals surface area contributed by atoms with Gasteiger partial charge in [-0.2, -0.15) is 0 Å². The van der Waals surface area contributed by atoms with Crippen molar-refractivity contribution in [2.24, 2.45) is 0 Å². The molecule has 0 fully saturated rings. The van der Waals surface area contributed by atoms with E-state index >= 15 is 0 Å². The number of benzene rings is 1. The van der Waals surface area contributed by atoms with E-state index in [1.54, 1.807) is 30.3 Å². The molecule has 0 N–H and O–H groups in total. The van der Waals surface area contributed by atoms with Gasteiger partial charge in [0.1, 0.15) is 0 Å². The molecule has 0 aliphatic heterocycles. The summed E-state index contributed by atoms with van der Waals surface area (Å²) in [4.78, 5) is 10.8. The molecule has 3 nitrogen and oxygen atoms in total. The first-order chi connectivity index (χ1) is 5.34. The average Bonchev–Trinajstić information content (AvgIpc) is 2.07. The van der Waals surface area contributed by atoms with Gasteiger partial charge in [-0.05, 0) is 0 Å². The third-order valence-corrected chi connectivity index (χ3v) is 1.16. The van der Waals surface area contributed by atoms with Gasteiger partial charge < -0.3 is 0 Å². The van der Waals surface area contributed by atoms with E-state index in [0.29, 0.717) is 5.56 Å². The van der Waals surface area contributed by atoms with E-state index in [1.807, 2.05) is 0 Å². The molecule has 1 rings (SSSR count). The summed E-state index contributed by atoms with van der Waals surface area (Å²) in [7, 11) is 0.120. The molecule has 11 heavy (non-hydrogen) atoms. The topological polar surface area (TPSA) is 43.4 Å². The first-order valence-electron chi connectivity index (χ1n) is 3.04. The Morgan fingerprint density at radius 2 is 1.91 bits per heavy atom. The van der Waals surface area contributed by atoms with Gasteiger partial charge in [0, 0.05) is 0 Å². The van der Waals surface area contributed by atoms with Crippen molar-refractivity contribution in [3.63, 3.8) is 0 Å². The van der Waals surface area contributed by atoms with Crippen LogP contribution >= 0.6 is 0 Å². The summed E-state index contributed by atoms with van der Waals surface area (Å²) in [6, 6.07) is 8.32. The van der Waals surface area contributed by atoms with Crippen molar-refractivity contribution >= 4 is 13.3 Å². The third kappa shape index (κ3) is 2.00. The maximum absolute atomic E-state index is 10.8. The van der Waals surface area contributed by atoms with E-state index in [4.69, 9.17) is 0 Å². The van der Waals surface area contributed by atoms with Gasteiger partial charge in [-0.15, -0.1) is 0 Å². The predicted octanol–water partition coefficient (Wildman–Crippen LogP) is 0.808. The monoisotopic (exact) mass is 148 g/mol. The van der Waals surface area contributed by atoms with E-state index in [1.165, 1.54) is 0 Å². The van der Waals surface area contributed by atoms with E-state index in [-0.39, 0.29) is 7.35 Å². The van der Waals surface area contributed by atoms with Crippen molar-refractivity contribution in [1.29, 1.82) is 0 Å². The second kappa shape index (κ2) is 3.66. The molecule has 0 heterocycles. The minimum atomic E-state index is -0.624. The summed E-state index contributed by atoms with van der Waals surface area (Å²) in [6.07, 6.45) is 0. The molecule has 4 heteroatoms. The summed E-state index contributed by atoms with van der Waals surface area (Å²) in [5.74, 6) is -0.624. The molecule has 0 aliphatic carbocycles. The van der Waals surface area contributed by atoms with Crippen LogP contribution in [0.15, 0.2) is 30.3 Å². The molecule has 0 aliphatic rings. The van der Waals surface area contributed by atoms with Crippen molar-refractivity contribution in [3.05, 3.63) is 35.9 Å². The van der Waals surface area contributed by atoms with Crippen LogP contribution in [0.5, 0.6) is 0 Å². The molecule has 0 spiro atoms. The Balaban J connectivity index is 2.77. The van der Waals surface area contributed by atoms with Crippen molar-refractivity contribution in [2.45, 2.75) is 0 Å². The standard InChI is InChI=1S/C7H5BO3/c9-7(11-8-10)6-4-2-1-3-5-6/h1-5H. The molecule has 0 atom stereocenters. The number of carbonyl (C=O) groups is 1. The van der Waals surface area contributed by atoms with E-state index in [2.05, 4.69) is 4.65 Å². The zero-order valence-electron chi connectivity index (χ0n) is 5.69. The Morgan fingerprint density at radius 3 is 2.45 bits per heavy atom. The fraction of sp³-hybridized carbons (Fsp3) is 0. The van der Waals surface area contributed by atoms with Crippen molar-refractivity contribution in [3.8, 4) is 0 Å². The van der Waals surface area contributed by atoms with Crippen LogP contribution < -0.4 is 0 Å². The summed E-state index contributed by atoms with van der Waals surface area (Å²) < 4.78 is 13.9. The van der Waals surface area contributed by atoms with E-state index < -0.39 is 5.97 Å². The number of carbonyl (C=O) groups excluding carboxylic acids is 1. The maximum atomic E-state index is 10.8. The van der Waals surface area contributed by atoms with Gasteiger partial charge >= 0.3 is 63.4 Å². The average molecular weight is 148 g/mol. The molecule has 0 radical (unpaired) electrons. The normalized spacial score (nSPS) is 8.36. The second-order valence-corrected chi connectivity index (χ2v) is 1.87. The fourth-order valence-electron chi connectivity index (χ4n) is 0.686. The van der Waals surface area contributed by atoms with Crippen LogP contribution in [0.25, 0.3) is 0 Å². The van der Waals surface area contributed by atoms with Gasteiger partial charge in [0.05, 0.1) is 0 Å². The summed E-state index contributed by atoms with van der Waals surface area (Å²) in [6.45, 7) is 0. The minimum absolute atomic E-state index is 0.120.